The molecule has 1 aliphatic heterocycles. The van der Waals surface area contributed by atoms with Gasteiger partial charge in [-0.3, -0.25) is 0 Å². The Morgan fingerprint density at radius 1 is 1.08 bits per heavy atom. The predicted molar refractivity (Wildman–Crippen MR) is 86.7 cm³/mol. The van der Waals surface area contributed by atoms with Gasteiger partial charge in [-0.2, -0.15) is 38.4 Å². The number of fused-ring (bicyclic) bond motifs is 1. The smallest absolute Gasteiger partial charge is 0.196 e. The third-order valence-electron chi connectivity index (χ3n) is 3.78. The first kappa shape index (κ1) is 21.1. The maximum atomic E-state index is 14.0. The van der Waals surface area contributed by atoms with Crippen molar-refractivity contribution in [3.8, 4) is 0 Å². The summed E-state index contributed by atoms with van der Waals surface area (Å²) in [7, 11) is -11.3. The fourth-order valence-corrected chi connectivity index (χ4v) is 7.28. The van der Waals surface area contributed by atoms with Crippen LogP contribution in [0.2, 0.25) is 0 Å². The fraction of sp³-hybridized carbons (Fsp3) is 0.467. The Kier molecular flexibility index (Phi) is 5.48. The molecule has 0 aromatic heterocycles. The molecule has 0 spiro atoms. The van der Waals surface area contributed by atoms with Gasteiger partial charge in [0, 0.05) is 20.1 Å². The predicted octanol–water partition coefficient (Wildman–Crippen LogP) is 5.87. The van der Waals surface area contributed by atoms with Crippen molar-refractivity contribution in [3.05, 3.63) is 34.2 Å². The minimum absolute atomic E-state index is 0.0394. The average molecular weight is 422 g/mol. The number of allylic oxidation sites excluding steroid dienone is 1. The third-order valence-corrected chi connectivity index (χ3v) is 8.58. The van der Waals surface area contributed by atoms with Crippen LogP contribution in [0.25, 0.3) is 6.08 Å². The van der Waals surface area contributed by atoms with E-state index in [1.165, 1.54) is 12.1 Å². The van der Waals surface area contributed by atoms with E-state index >= 15 is 0 Å². The summed E-state index contributed by atoms with van der Waals surface area (Å²) in [5.41, 5.74) is -10.6. The maximum Gasteiger partial charge on any atom is 0.523 e. The van der Waals surface area contributed by atoms with Crippen molar-refractivity contribution >= 4 is 26.5 Å². The topological polar surface area (TPSA) is 43.4 Å². The molecular formula is C15H16F6O3S2. The number of alkyl halides is 6. The molecule has 1 heterocycles. The van der Waals surface area contributed by atoms with Gasteiger partial charge in [0.2, 0.25) is 0 Å². The summed E-state index contributed by atoms with van der Waals surface area (Å²) in [6, 6.07) is 3.76. The Bertz CT molecular complexity index is 827. The van der Waals surface area contributed by atoms with Gasteiger partial charge in [0.15, 0.2) is 0 Å². The monoisotopic (exact) mass is 422 g/mol. The van der Waals surface area contributed by atoms with Gasteiger partial charge in [0.25, 0.3) is 0 Å². The molecule has 0 radical (unpaired) electrons. The molecule has 148 valence electrons. The van der Waals surface area contributed by atoms with Crippen LogP contribution >= 0.6 is 10.3 Å². The van der Waals surface area contributed by atoms with Crippen molar-refractivity contribution in [1.29, 1.82) is 0 Å². The lowest BCUT2D eigenvalue weighted by Crippen LogP contribution is -2.32. The summed E-state index contributed by atoms with van der Waals surface area (Å²) in [4.78, 5) is -1.05. The average Bonchev–Trinajstić information content (AvgIpc) is 2.79. The fourth-order valence-electron chi connectivity index (χ4n) is 2.62. The molecule has 0 bridgehead atoms. The normalized spacial score (nSPS) is 23.3. The van der Waals surface area contributed by atoms with Gasteiger partial charge >= 0.3 is 21.1 Å². The minimum atomic E-state index is -6.46. The van der Waals surface area contributed by atoms with E-state index in [2.05, 4.69) is 3.63 Å². The molecule has 1 atom stereocenters. The molecule has 0 N–H and O–H groups in total. The second-order valence-electron chi connectivity index (χ2n) is 5.56. The summed E-state index contributed by atoms with van der Waals surface area (Å²) in [5, 5.41) is 0. The van der Waals surface area contributed by atoms with E-state index in [0.717, 1.165) is 12.1 Å². The van der Waals surface area contributed by atoms with Gasteiger partial charge < -0.3 is 0 Å². The van der Waals surface area contributed by atoms with Gasteiger partial charge in [0.1, 0.15) is 0 Å². The van der Waals surface area contributed by atoms with Crippen LogP contribution in [-0.4, -0.2) is 19.4 Å². The van der Waals surface area contributed by atoms with Crippen molar-refractivity contribution < 1.29 is 38.4 Å². The van der Waals surface area contributed by atoms with Crippen LogP contribution < -0.4 is 0 Å². The first-order valence-electron chi connectivity index (χ1n) is 7.55. The first-order chi connectivity index (χ1) is 11.8. The first-order valence-corrected chi connectivity index (χ1v) is 10.5. The molecule has 26 heavy (non-hydrogen) atoms. The highest BCUT2D eigenvalue weighted by Gasteiger charge is 2.63. The SMILES string of the molecule is CCCC1=Cc2cc(CC)ccc2S1(OS(=O)(=O)C(F)(F)F)C(F)(F)F. The quantitative estimate of drug-likeness (QED) is 0.440. The van der Waals surface area contributed by atoms with Crippen LogP contribution in [0.1, 0.15) is 37.8 Å². The lowest BCUT2D eigenvalue weighted by molar-refractivity contribution is -0.0546. The summed E-state index contributed by atoms with van der Waals surface area (Å²) >= 11 is 0. The van der Waals surface area contributed by atoms with Gasteiger partial charge in [-0.1, -0.05) is 32.4 Å². The molecule has 11 heteroatoms. The molecular weight excluding hydrogens is 406 g/mol. The Labute approximate surface area is 148 Å². The standard InChI is InChI=1S/C15H16F6O3S2/c1-3-5-12-9-11-8-10(4-2)6-7-13(11)25(12,14(16,17)18)24-26(22,23)15(19,20)21/h6-9H,3-5H2,1-2H3. The number of aryl methyl sites for hydroxylation is 1. The second kappa shape index (κ2) is 6.75. The van der Waals surface area contributed by atoms with Crippen molar-refractivity contribution in [2.45, 2.75) is 49.0 Å². The zero-order chi connectivity index (χ0) is 20.0. The van der Waals surface area contributed by atoms with Crippen molar-refractivity contribution in [3.63, 3.8) is 0 Å². The zero-order valence-electron chi connectivity index (χ0n) is 13.7. The van der Waals surface area contributed by atoms with E-state index in [1.54, 1.807) is 13.8 Å². The number of halogens is 6. The van der Waals surface area contributed by atoms with Crippen LogP contribution in [-0.2, 0) is 20.2 Å². The summed E-state index contributed by atoms with van der Waals surface area (Å²) < 4.78 is 107. The Morgan fingerprint density at radius 2 is 1.69 bits per heavy atom. The molecule has 0 amide bonds. The Hall–Kier alpha value is -1.20. The molecule has 1 aromatic rings. The van der Waals surface area contributed by atoms with Crippen molar-refractivity contribution in [2.24, 2.45) is 0 Å². The van der Waals surface area contributed by atoms with Crippen LogP contribution in [0.15, 0.2) is 28.0 Å². The summed E-state index contributed by atoms with van der Waals surface area (Å²) in [6.45, 7) is 3.31. The van der Waals surface area contributed by atoms with Gasteiger partial charge in [-0.05, 0) is 36.1 Å². The van der Waals surface area contributed by atoms with Gasteiger partial charge in [0.05, 0.1) is 0 Å². The molecule has 2 rings (SSSR count). The van der Waals surface area contributed by atoms with Crippen LogP contribution in [0.4, 0.5) is 26.3 Å². The Morgan fingerprint density at radius 3 is 2.15 bits per heavy atom. The second-order valence-corrected chi connectivity index (χ2v) is 10.0. The molecule has 3 nitrogen and oxygen atoms in total. The zero-order valence-corrected chi connectivity index (χ0v) is 15.4. The number of hydrogen-bond donors (Lipinski definition) is 0. The van der Waals surface area contributed by atoms with Crippen LogP contribution in [0, 0.1) is 0 Å². The number of rotatable bonds is 5. The van der Waals surface area contributed by atoms with E-state index < -0.39 is 41.2 Å². The molecule has 0 aliphatic carbocycles. The molecule has 1 unspecified atom stereocenters. The number of benzene rings is 1. The number of hydrogen-bond acceptors (Lipinski definition) is 3. The van der Waals surface area contributed by atoms with E-state index in [-0.39, 0.29) is 18.4 Å². The maximum absolute atomic E-state index is 14.0. The lowest BCUT2D eigenvalue weighted by Gasteiger charge is -2.39. The highest BCUT2D eigenvalue weighted by molar-refractivity contribution is 8.37. The van der Waals surface area contributed by atoms with E-state index in [9.17, 15) is 34.8 Å². The lowest BCUT2D eigenvalue weighted by atomic mass is 10.1. The summed E-state index contributed by atoms with van der Waals surface area (Å²) in [6.07, 6.45) is 1.55. The minimum Gasteiger partial charge on any atom is -0.196 e. The van der Waals surface area contributed by atoms with Crippen LogP contribution in [0.5, 0.6) is 0 Å². The molecule has 0 saturated carbocycles. The van der Waals surface area contributed by atoms with Gasteiger partial charge in [-0.25, -0.2) is 0 Å². The van der Waals surface area contributed by atoms with Gasteiger partial charge in [-0.15, -0.1) is 0 Å². The molecule has 0 saturated heterocycles. The van der Waals surface area contributed by atoms with E-state index in [4.69, 9.17) is 0 Å². The Balaban J connectivity index is 2.77. The van der Waals surface area contributed by atoms with E-state index in [1.807, 2.05) is 0 Å². The third kappa shape index (κ3) is 3.36. The van der Waals surface area contributed by atoms with Crippen molar-refractivity contribution in [1.82, 2.24) is 0 Å². The largest absolute Gasteiger partial charge is 0.523 e. The molecule has 1 aromatic carbocycles. The van der Waals surface area contributed by atoms with Crippen molar-refractivity contribution in [2.75, 3.05) is 0 Å². The van der Waals surface area contributed by atoms with E-state index in [0.29, 0.717) is 12.0 Å². The summed E-state index contributed by atoms with van der Waals surface area (Å²) in [5.74, 6) is 0. The van der Waals surface area contributed by atoms with Crippen LogP contribution in [0.3, 0.4) is 0 Å². The molecule has 1 aliphatic rings. The highest BCUT2D eigenvalue weighted by Crippen LogP contribution is 2.78. The highest BCUT2D eigenvalue weighted by atomic mass is 32.3. The molecule has 0 fully saturated rings.